The van der Waals surface area contributed by atoms with Gasteiger partial charge in [0.25, 0.3) is 0 Å². The number of nitrogens with one attached hydrogen (secondary N) is 1. The Morgan fingerprint density at radius 1 is 1.11 bits per heavy atom. The van der Waals surface area contributed by atoms with Gasteiger partial charge in [-0.05, 0) is 59.9 Å². The molecule has 2 aliphatic rings. The Morgan fingerprint density at radius 3 is 2.29 bits per heavy atom. The highest BCUT2D eigenvalue weighted by atomic mass is 19.1. The molecular weight excluding hydrogens is 449 g/mol. The summed E-state index contributed by atoms with van der Waals surface area (Å²) in [5.41, 5.74) is 2.46. The van der Waals surface area contributed by atoms with E-state index in [0.29, 0.717) is 19.3 Å². The van der Waals surface area contributed by atoms with Crippen molar-refractivity contribution in [2.45, 2.75) is 51.2 Å². The molecule has 3 amide bonds. The summed E-state index contributed by atoms with van der Waals surface area (Å²) >= 11 is 0. The lowest BCUT2D eigenvalue weighted by Crippen LogP contribution is -2.67. The summed E-state index contributed by atoms with van der Waals surface area (Å²) in [6, 6.07) is 8.44. The molecule has 4 rings (SSSR count). The van der Waals surface area contributed by atoms with E-state index < -0.39 is 35.6 Å². The number of benzene rings is 2. The van der Waals surface area contributed by atoms with Gasteiger partial charge in [-0.1, -0.05) is 44.2 Å². The number of rotatable bonds is 6. The highest BCUT2D eigenvalue weighted by Crippen LogP contribution is 2.36. The molecule has 1 saturated heterocycles. The average Bonchev–Trinajstić information content (AvgIpc) is 3.23. The number of halogens is 1. The van der Waals surface area contributed by atoms with E-state index in [9.17, 15) is 23.9 Å². The Bertz CT molecular complexity index is 1120. The molecule has 0 saturated carbocycles. The van der Waals surface area contributed by atoms with Gasteiger partial charge in [0.05, 0.1) is 0 Å². The van der Waals surface area contributed by atoms with Crippen LogP contribution in [-0.4, -0.2) is 53.7 Å². The van der Waals surface area contributed by atoms with Gasteiger partial charge >= 0.3 is 0 Å². The Hall–Kier alpha value is -3.42. The molecule has 0 unspecified atom stereocenters. The average molecular weight is 481 g/mol. The zero-order valence-electron chi connectivity index (χ0n) is 20.5. The Morgan fingerprint density at radius 2 is 1.74 bits per heavy atom. The molecule has 2 aromatic rings. The van der Waals surface area contributed by atoms with Gasteiger partial charge in [-0.25, -0.2) is 4.39 Å². The van der Waals surface area contributed by atoms with E-state index in [-0.39, 0.29) is 29.2 Å². The highest BCUT2D eigenvalue weighted by molar-refractivity contribution is 6.00. The van der Waals surface area contributed by atoms with Crippen molar-refractivity contribution in [1.29, 1.82) is 0 Å². The number of amides is 3. The molecule has 0 bridgehead atoms. The topological polar surface area (TPSA) is 89.6 Å². The van der Waals surface area contributed by atoms with E-state index in [0.717, 1.165) is 23.3 Å². The molecule has 8 heteroatoms. The number of hydrogen-bond acceptors (Lipinski definition) is 3. The minimum absolute atomic E-state index is 0.0594. The van der Waals surface area contributed by atoms with E-state index in [2.05, 4.69) is 5.32 Å². The third kappa shape index (κ3) is 4.74. The van der Waals surface area contributed by atoms with Crippen molar-refractivity contribution >= 4 is 17.7 Å². The second-order valence-corrected chi connectivity index (χ2v) is 10.1. The van der Waals surface area contributed by atoms with Crippen LogP contribution in [-0.2, 0) is 32.3 Å². The molecule has 1 aliphatic carbocycles. The minimum Gasteiger partial charge on any atom is -0.347 e. The summed E-state index contributed by atoms with van der Waals surface area (Å²) in [5, 5.41) is 14.7. The van der Waals surface area contributed by atoms with Crippen LogP contribution in [0, 0.1) is 17.7 Å². The number of carbonyl (C=O) groups excluding carboxylic acids is 3. The third-order valence-corrected chi connectivity index (χ3v) is 6.93. The summed E-state index contributed by atoms with van der Waals surface area (Å²) in [5.74, 6) is -3.04. The van der Waals surface area contributed by atoms with Gasteiger partial charge in [0, 0.05) is 14.1 Å². The predicted octanol–water partition coefficient (Wildman–Crippen LogP) is 3.26. The normalized spacial score (nSPS) is 21.1. The molecule has 3 atom stereocenters. The number of piperazine rings is 1. The Balaban J connectivity index is 1.77. The first-order chi connectivity index (χ1) is 16.6. The molecule has 0 spiro atoms. The molecule has 35 heavy (non-hydrogen) atoms. The molecule has 1 radical (unpaired) electrons. The molecule has 0 aromatic heterocycles. The molecular formula is C27H31FN3O4. The second kappa shape index (κ2) is 9.68. The monoisotopic (exact) mass is 480 g/mol. The molecule has 1 fully saturated rings. The first-order valence-corrected chi connectivity index (χ1v) is 12.0. The van der Waals surface area contributed by atoms with Crippen molar-refractivity contribution in [3.8, 4) is 5.75 Å². The largest absolute Gasteiger partial charge is 0.347 e. The third-order valence-electron chi connectivity index (χ3n) is 6.93. The number of likely N-dealkylation sites (N-methyl/N-ethyl adjacent to an activating group) is 1. The first-order valence-electron chi connectivity index (χ1n) is 12.0. The van der Waals surface area contributed by atoms with Crippen LogP contribution < -0.4 is 5.32 Å². The highest BCUT2D eigenvalue weighted by Gasteiger charge is 2.49. The van der Waals surface area contributed by atoms with Crippen LogP contribution in [0.15, 0.2) is 42.5 Å². The minimum atomic E-state index is -1.23. The van der Waals surface area contributed by atoms with Gasteiger partial charge in [-0.15, -0.1) is 0 Å². The zero-order valence-corrected chi connectivity index (χ0v) is 20.5. The number of fused-ring (bicyclic) bond motifs is 1. The number of hydrogen-bond donors (Lipinski definition) is 1. The smallest absolute Gasteiger partial charge is 0.249 e. The molecule has 1 heterocycles. The lowest BCUT2D eigenvalue weighted by Gasteiger charge is -2.45. The van der Waals surface area contributed by atoms with Crippen molar-refractivity contribution in [3.05, 3.63) is 65.0 Å². The Kier molecular flexibility index (Phi) is 6.83. The van der Waals surface area contributed by atoms with Crippen LogP contribution in [0.3, 0.4) is 0 Å². The van der Waals surface area contributed by atoms with Gasteiger partial charge in [-0.2, -0.15) is 0 Å². The molecule has 185 valence electrons. The predicted molar refractivity (Wildman–Crippen MR) is 127 cm³/mol. The van der Waals surface area contributed by atoms with Crippen molar-refractivity contribution in [2.24, 2.45) is 11.8 Å². The summed E-state index contributed by atoms with van der Waals surface area (Å²) in [6.07, 6.45) is 1.62. The van der Waals surface area contributed by atoms with Gasteiger partial charge in [0.15, 0.2) is 5.82 Å². The summed E-state index contributed by atoms with van der Waals surface area (Å²) in [6.45, 7) is 3.87. The van der Waals surface area contributed by atoms with Crippen molar-refractivity contribution < 1.29 is 23.9 Å². The van der Waals surface area contributed by atoms with E-state index in [1.54, 1.807) is 14.1 Å². The number of carbonyl (C=O) groups is 3. The molecule has 2 aromatic carbocycles. The first kappa shape index (κ1) is 24.7. The van der Waals surface area contributed by atoms with Crippen LogP contribution >= 0.6 is 0 Å². The maximum Gasteiger partial charge on any atom is 0.249 e. The lowest BCUT2D eigenvalue weighted by molar-refractivity contribution is -0.159. The molecule has 7 nitrogen and oxygen atoms in total. The lowest BCUT2D eigenvalue weighted by atomic mass is 9.88. The second-order valence-electron chi connectivity index (χ2n) is 10.1. The van der Waals surface area contributed by atoms with Gasteiger partial charge in [0.1, 0.15) is 18.1 Å². The van der Waals surface area contributed by atoms with Crippen molar-refractivity contribution in [2.75, 3.05) is 14.1 Å². The molecule has 1 aliphatic heterocycles. The maximum atomic E-state index is 14.3. The van der Waals surface area contributed by atoms with Gasteiger partial charge in [-0.3, -0.25) is 19.5 Å². The Labute approximate surface area is 204 Å². The van der Waals surface area contributed by atoms with Gasteiger partial charge in [0.2, 0.25) is 23.5 Å². The standard InChI is InChI=1S/C27H31FN3O4/c1-15(2)11-21-25(33)29-23(19-12-16-7-5-6-8-17(16)13-19)26(34)31(21)24(27(35)30(3)4)18-9-10-22(32)20(28)14-18/h5-10,14-15,19,21,23-24H,11-13H2,1-4H3,(H,29,33)/t21-,23-,24-/m1/s1. The summed E-state index contributed by atoms with van der Waals surface area (Å²) in [7, 11) is 3.09. The fourth-order valence-corrected chi connectivity index (χ4v) is 5.23. The summed E-state index contributed by atoms with van der Waals surface area (Å²) in [4.78, 5) is 43.6. The SMILES string of the molecule is CC(C)C[C@@H]1C(=O)N[C@H](C2Cc3ccccc3C2)C(=O)N1[C@@H](C(=O)N(C)C)c1ccc([O])c(F)c1. The fourth-order valence-electron chi connectivity index (χ4n) is 5.23. The van der Waals surface area contributed by atoms with Gasteiger partial charge < -0.3 is 15.1 Å². The van der Waals surface area contributed by atoms with Crippen LogP contribution in [0.1, 0.15) is 43.0 Å². The quantitative estimate of drug-likeness (QED) is 0.688. The van der Waals surface area contributed by atoms with E-state index in [1.165, 1.54) is 15.9 Å². The maximum absolute atomic E-state index is 14.3. The van der Waals surface area contributed by atoms with Crippen LogP contribution in [0.2, 0.25) is 0 Å². The number of nitrogens with zero attached hydrogens (tertiary/aromatic N) is 2. The van der Waals surface area contributed by atoms with E-state index in [1.807, 2.05) is 38.1 Å². The van der Waals surface area contributed by atoms with E-state index >= 15 is 0 Å². The van der Waals surface area contributed by atoms with E-state index in [4.69, 9.17) is 0 Å². The molecule has 1 N–H and O–H groups in total. The van der Waals surface area contributed by atoms with Crippen molar-refractivity contribution in [3.63, 3.8) is 0 Å². The van der Waals surface area contributed by atoms with Crippen LogP contribution in [0.4, 0.5) is 4.39 Å². The van der Waals surface area contributed by atoms with Crippen molar-refractivity contribution in [1.82, 2.24) is 15.1 Å². The fraction of sp³-hybridized carbons (Fsp3) is 0.444. The van der Waals surface area contributed by atoms with Crippen LogP contribution in [0.25, 0.3) is 0 Å². The summed E-state index contributed by atoms with van der Waals surface area (Å²) < 4.78 is 14.3. The zero-order chi connectivity index (χ0) is 25.4. The van der Waals surface area contributed by atoms with Crippen LogP contribution in [0.5, 0.6) is 5.75 Å².